The van der Waals surface area contributed by atoms with E-state index in [0.717, 1.165) is 50.5 Å². The average molecular weight is 651 g/mol. The van der Waals surface area contributed by atoms with Gasteiger partial charge in [0, 0.05) is 30.8 Å². The normalized spacial score (nSPS) is 19.3. The first-order valence-electron chi connectivity index (χ1n) is 18.0. The summed E-state index contributed by atoms with van der Waals surface area (Å²) in [6.07, 6.45) is 16.0. The van der Waals surface area contributed by atoms with E-state index in [1.54, 1.807) is 19.4 Å². The first kappa shape index (κ1) is 36.4. The van der Waals surface area contributed by atoms with Gasteiger partial charge in [-0.25, -0.2) is 9.78 Å². The number of amides is 4. The highest BCUT2D eigenvalue weighted by atomic mass is 16.3. The summed E-state index contributed by atoms with van der Waals surface area (Å²) < 4.78 is 0. The molecule has 6 N–H and O–H groups in total. The van der Waals surface area contributed by atoms with E-state index in [1.807, 2.05) is 30.3 Å². The molecule has 2 aliphatic carbocycles. The van der Waals surface area contributed by atoms with Gasteiger partial charge >= 0.3 is 6.03 Å². The van der Waals surface area contributed by atoms with Gasteiger partial charge in [0.25, 0.3) is 0 Å². The Kier molecular flexibility index (Phi) is 14.1. The number of H-pyrrole nitrogens is 1. The predicted molar refractivity (Wildman–Crippen MR) is 185 cm³/mol. The van der Waals surface area contributed by atoms with E-state index in [4.69, 9.17) is 0 Å². The molecule has 10 nitrogen and oxygen atoms in total. The second kappa shape index (κ2) is 18.2. The minimum atomic E-state index is -1.39. The second-order valence-electron chi connectivity index (χ2n) is 14.6. The topological polar surface area (TPSA) is 148 Å². The van der Waals surface area contributed by atoms with E-state index < -0.39 is 29.6 Å². The molecule has 0 saturated heterocycles. The van der Waals surface area contributed by atoms with E-state index in [1.165, 1.54) is 25.7 Å². The number of imidazole rings is 1. The summed E-state index contributed by atoms with van der Waals surface area (Å²) in [6, 6.07) is 7.92. The van der Waals surface area contributed by atoms with Crippen molar-refractivity contribution in [3.8, 4) is 0 Å². The van der Waals surface area contributed by atoms with Gasteiger partial charge in [-0.1, -0.05) is 95.5 Å². The molecule has 0 aliphatic heterocycles. The highest BCUT2D eigenvalue weighted by molar-refractivity contribution is 5.94. The van der Waals surface area contributed by atoms with Crippen LogP contribution in [0.4, 0.5) is 4.79 Å². The summed E-state index contributed by atoms with van der Waals surface area (Å²) in [4.78, 5) is 48.8. The van der Waals surface area contributed by atoms with E-state index in [0.29, 0.717) is 30.4 Å². The van der Waals surface area contributed by atoms with Crippen LogP contribution in [-0.2, 0) is 22.4 Å². The molecule has 260 valence electrons. The third kappa shape index (κ3) is 12.0. The van der Waals surface area contributed by atoms with Gasteiger partial charge in [0.05, 0.1) is 18.5 Å². The number of carbonyl (C=O) groups is 3. The van der Waals surface area contributed by atoms with Gasteiger partial charge in [0.1, 0.15) is 11.6 Å². The van der Waals surface area contributed by atoms with Crippen LogP contribution in [0.1, 0.15) is 115 Å². The lowest BCUT2D eigenvalue weighted by molar-refractivity contribution is -0.135. The van der Waals surface area contributed by atoms with Crippen molar-refractivity contribution in [2.45, 2.75) is 147 Å². The SMILES string of the molecule is CC(C)CC[C@H](O)[C@H](CC1CCCCC1)NC(=O)[C@](C)(Cc1cnc[nH]1)NC(=O)[C@H](Cc1ccccc1)NC(=O)NC1CCCCC1. The van der Waals surface area contributed by atoms with Crippen molar-refractivity contribution in [1.29, 1.82) is 0 Å². The van der Waals surface area contributed by atoms with Crippen LogP contribution < -0.4 is 21.3 Å². The van der Waals surface area contributed by atoms with E-state index in [9.17, 15) is 19.5 Å². The van der Waals surface area contributed by atoms with E-state index in [2.05, 4.69) is 45.1 Å². The summed E-state index contributed by atoms with van der Waals surface area (Å²) in [6.45, 7) is 5.97. The first-order valence-corrected chi connectivity index (χ1v) is 18.0. The Bertz CT molecular complexity index is 1230. The van der Waals surface area contributed by atoms with Crippen molar-refractivity contribution in [1.82, 2.24) is 31.2 Å². The number of rotatable bonds is 16. The molecule has 2 aromatic rings. The van der Waals surface area contributed by atoms with Crippen LogP contribution >= 0.6 is 0 Å². The number of aromatic nitrogens is 2. The fourth-order valence-electron chi connectivity index (χ4n) is 7.12. The van der Waals surface area contributed by atoms with Crippen LogP contribution in [0.25, 0.3) is 0 Å². The standard InChI is InChI=1S/C37H58N6O4/c1-26(2)19-20-33(44)31(21-27-13-7-4-8-14-27)41-35(46)37(3,23-30-24-38-25-39-30)43-34(45)32(22-28-15-9-5-10-16-28)42-36(47)40-29-17-11-6-12-18-29/h5,9-10,15-16,24-27,29,31-33,44H,4,6-8,11-14,17-23H2,1-3H3,(H,38,39)(H,41,46)(H,43,45)(H2,40,42,47)/t31-,32-,33-,37-/m0/s1. The summed E-state index contributed by atoms with van der Waals surface area (Å²) in [5, 5.41) is 23.6. The first-order chi connectivity index (χ1) is 22.6. The Hall–Kier alpha value is -3.40. The number of urea groups is 1. The van der Waals surface area contributed by atoms with Gasteiger partial charge < -0.3 is 31.4 Å². The van der Waals surface area contributed by atoms with Crippen LogP contribution in [0.5, 0.6) is 0 Å². The lowest BCUT2D eigenvalue weighted by Gasteiger charge is -2.36. The molecule has 4 rings (SSSR count). The van der Waals surface area contributed by atoms with Gasteiger partial charge in [0.2, 0.25) is 11.8 Å². The monoisotopic (exact) mass is 650 g/mol. The second-order valence-corrected chi connectivity index (χ2v) is 14.6. The van der Waals surface area contributed by atoms with Gasteiger partial charge in [0.15, 0.2) is 0 Å². The van der Waals surface area contributed by atoms with Gasteiger partial charge in [-0.3, -0.25) is 9.59 Å². The van der Waals surface area contributed by atoms with Crippen LogP contribution in [0, 0.1) is 11.8 Å². The highest BCUT2D eigenvalue weighted by Crippen LogP contribution is 2.29. The van der Waals surface area contributed by atoms with Crippen molar-refractivity contribution in [2.75, 3.05) is 0 Å². The lowest BCUT2D eigenvalue weighted by atomic mass is 9.82. The van der Waals surface area contributed by atoms with E-state index in [-0.39, 0.29) is 30.8 Å². The Labute approximate surface area is 281 Å². The lowest BCUT2D eigenvalue weighted by Crippen LogP contribution is -2.64. The van der Waals surface area contributed by atoms with E-state index >= 15 is 0 Å². The van der Waals surface area contributed by atoms with Crippen molar-refractivity contribution < 1.29 is 19.5 Å². The molecule has 0 spiro atoms. The van der Waals surface area contributed by atoms with Crippen molar-refractivity contribution in [3.05, 3.63) is 54.1 Å². The minimum Gasteiger partial charge on any atom is -0.391 e. The molecule has 1 aromatic heterocycles. The fraction of sp³-hybridized carbons (Fsp3) is 0.676. The van der Waals surface area contributed by atoms with Crippen molar-refractivity contribution >= 4 is 17.8 Å². The maximum Gasteiger partial charge on any atom is 0.315 e. The molecule has 10 heteroatoms. The molecule has 1 aromatic carbocycles. The maximum absolute atomic E-state index is 14.3. The largest absolute Gasteiger partial charge is 0.391 e. The number of hydrogen-bond acceptors (Lipinski definition) is 5. The zero-order valence-electron chi connectivity index (χ0n) is 28.7. The van der Waals surface area contributed by atoms with Crippen molar-refractivity contribution in [3.63, 3.8) is 0 Å². The summed E-state index contributed by atoms with van der Waals surface area (Å²) in [5.41, 5.74) is 0.198. The quantitative estimate of drug-likeness (QED) is 0.145. The Morgan fingerprint density at radius 3 is 2.28 bits per heavy atom. The molecule has 4 amide bonds. The van der Waals surface area contributed by atoms with Gasteiger partial charge in [-0.2, -0.15) is 0 Å². The smallest absolute Gasteiger partial charge is 0.315 e. The number of aromatic amines is 1. The zero-order chi connectivity index (χ0) is 33.6. The molecule has 1 heterocycles. The van der Waals surface area contributed by atoms with Crippen LogP contribution in [0.15, 0.2) is 42.9 Å². The van der Waals surface area contributed by atoms with Crippen LogP contribution in [0.3, 0.4) is 0 Å². The molecule has 0 bridgehead atoms. The van der Waals surface area contributed by atoms with Gasteiger partial charge in [-0.15, -0.1) is 0 Å². The van der Waals surface area contributed by atoms with Crippen LogP contribution in [-0.4, -0.2) is 62.7 Å². The maximum atomic E-state index is 14.3. The molecular weight excluding hydrogens is 592 g/mol. The molecule has 2 fully saturated rings. The average Bonchev–Trinajstić information content (AvgIpc) is 3.57. The number of hydrogen-bond donors (Lipinski definition) is 6. The summed E-state index contributed by atoms with van der Waals surface area (Å²) >= 11 is 0. The number of carbonyl (C=O) groups excluding carboxylic acids is 3. The Balaban J connectivity index is 1.54. The fourth-order valence-corrected chi connectivity index (χ4v) is 7.12. The van der Waals surface area contributed by atoms with Crippen molar-refractivity contribution in [2.24, 2.45) is 11.8 Å². The molecule has 0 unspecified atom stereocenters. The molecule has 2 saturated carbocycles. The number of aliphatic hydroxyl groups is 1. The Morgan fingerprint density at radius 1 is 0.957 bits per heavy atom. The highest BCUT2D eigenvalue weighted by Gasteiger charge is 2.40. The molecule has 2 aliphatic rings. The molecular formula is C37H58N6O4. The third-order valence-corrected chi connectivity index (χ3v) is 9.98. The number of nitrogens with one attached hydrogen (secondary N) is 5. The van der Waals surface area contributed by atoms with Gasteiger partial charge in [-0.05, 0) is 56.4 Å². The molecule has 47 heavy (non-hydrogen) atoms. The number of nitrogens with zero attached hydrogens (tertiary/aromatic N) is 1. The predicted octanol–water partition coefficient (Wildman–Crippen LogP) is 5.32. The number of aliphatic hydroxyl groups excluding tert-OH is 1. The molecule has 4 atom stereocenters. The molecule has 0 radical (unpaired) electrons. The summed E-state index contributed by atoms with van der Waals surface area (Å²) in [5.74, 6) is 0.0623. The number of benzene rings is 1. The summed E-state index contributed by atoms with van der Waals surface area (Å²) in [7, 11) is 0. The minimum absolute atomic E-state index is 0.0869. The zero-order valence-corrected chi connectivity index (χ0v) is 28.7. The third-order valence-electron chi connectivity index (χ3n) is 9.98. The van der Waals surface area contributed by atoms with Crippen LogP contribution in [0.2, 0.25) is 0 Å². The Morgan fingerprint density at radius 2 is 1.64 bits per heavy atom.